The monoisotopic (exact) mass is 341 g/mol. The lowest BCUT2D eigenvalue weighted by Gasteiger charge is -2.11. The van der Waals surface area contributed by atoms with Gasteiger partial charge < -0.3 is 0 Å². The number of rotatable bonds is 3. The third-order valence-corrected chi connectivity index (χ3v) is 5.15. The van der Waals surface area contributed by atoms with Gasteiger partial charge in [0.05, 0.1) is 18.7 Å². The number of hydrogen-bond acceptors (Lipinski definition) is 0. The molecule has 3 aromatic carbocycles. The molecule has 0 fully saturated rings. The third-order valence-electron chi connectivity index (χ3n) is 5.15. The van der Waals surface area contributed by atoms with Crippen molar-refractivity contribution in [3.05, 3.63) is 78.4 Å². The molecular weight excluding hydrogens is 316 g/mol. The number of nitrogens with zero attached hydrogens (tertiary/aromatic N) is 2. The van der Waals surface area contributed by atoms with E-state index in [1.807, 2.05) is 0 Å². The first-order valence-corrected chi connectivity index (χ1v) is 9.23. The Bertz CT molecular complexity index is 1070. The number of fused-ring (bicyclic) bond motifs is 1. The predicted molar refractivity (Wildman–Crippen MR) is 109 cm³/mol. The van der Waals surface area contributed by atoms with E-state index in [0.29, 0.717) is 6.04 Å². The molecule has 0 aliphatic heterocycles. The lowest BCUT2D eigenvalue weighted by atomic mass is 9.99. The van der Waals surface area contributed by atoms with E-state index in [1.165, 1.54) is 39.1 Å². The van der Waals surface area contributed by atoms with Crippen LogP contribution >= 0.6 is 0 Å². The molecule has 2 heteroatoms. The molecule has 0 saturated heterocycles. The highest BCUT2D eigenvalue weighted by Gasteiger charge is 2.27. The molecule has 1 heterocycles. The smallest absolute Gasteiger partial charge is 0.226 e. The fraction of sp³-hybridized carbons (Fsp3) is 0.208. The molecule has 0 amide bonds. The molecule has 4 aromatic rings. The minimum absolute atomic E-state index is 0.385. The first-order valence-electron chi connectivity index (χ1n) is 9.23. The van der Waals surface area contributed by atoms with E-state index in [0.717, 1.165) is 0 Å². The number of aromatic nitrogens is 2. The second-order valence-corrected chi connectivity index (χ2v) is 7.23. The highest BCUT2D eigenvalue weighted by Crippen LogP contribution is 2.32. The Labute approximate surface area is 155 Å². The Morgan fingerprint density at radius 2 is 1.50 bits per heavy atom. The standard InChI is InChI=1S/C24H25N2/c1-17(2)26-23-13-9-8-12-22(23)25(4)24(26)21-16-20(15-14-18(21)3)19-10-6-5-7-11-19/h5-17H,1-4H3/q+1. The Morgan fingerprint density at radius 1 is 0.808 bits per heavy atom. The molecular formula is C24H25N2+. The van der Waals surface area contributed by atoms with Gasteiger partial charge in [-0.15, -0.1) is 0 Å². The first-order chi connectivity index (χ1) is 12.6. The van der Waals surface area contributed by atoms with E-state index < -0.39 is 0 Å². The van der Waals surface area contributed by atoms with Gasteiger partial charge in [-0.2, -0.15) is 0 Å². The topological polar surface area (TPSA) is 8.81 Å². The van der Waals surface area contributed by atoms with Gasteiger partial charge >= 0.3 is 0 Å². The van der Waals surface area contributed by atoms with Crippen molar-refractivity contribution in [3.8, 4) is 22.5 Å². The van der Waals surface area contributed by atoms with Crippen molar-refractivity contribution in [1.29, 1.82) is 0 Å². The summed E-state index contributed by atoms with van der Waals surface area (Å²) in [7, 11) is 2.17. The summed E-state index contributed by atoms with van der Waals surface area (Å²) in [6, 6.07) is 26.4. The predicted octanol–water partition coefficient (Wildman–Crippen LogP) is 5.69. The summed E-state index contributed by atoms with van der Waals surface area (Å²) >= 11 is 0. The maximum absolute atomic E-state index is 2.45. The van der Waals surface area contributed by atoms with E-state index in [4.69, 9.17) is 0 Å². The van der Waals surface area contributed by atoms with Crippen molar-refractivity contribution in [3.63, 3.8) is 0 Å². The van der Waals surface area contributed by atoms with Gasteiger partial charge in [-0.3, -0.25) is 0 Å². The SMILES string of the molecule is Cc1ccc(-c2ccccc2)cc1-c1n(C(C)C)c2ccccc2[n+]1C. The van der Waals surface area contributed by atoms with Crippen molar-refractivity contribution < 1.29 is 4.57 Å². The minimum atomic E-state index is 0.385. The fourth-order valence-corrected chi connectivity index (χ4v) is 3.85. The molecule has 26 heavy (non-hydrogen) atoms. The Morgan fingerprint density at radius 3 is 2.23 bits per heavy atom. The second kappa shape index (κ2) is 6.45. The quantitative estimate of drug-likeness (QED) is 0.423. The average molecular weight is 341 g/mol. The molecule has 0 bridgehead atoms. The molecule has 130 valence electrons. The summed E-state index contributed by atoms with van der Waals surface area (Å²) in [5, 5.41) is 0. The molecule has 2 nitrogen and oxygen atoms in total. The van der Waals surface area contributed by atoms with Crippen molar-refractivity contribution in [2.45, 2.75) is 26.8 Å². The van der Waals surface area contributed by atoms with E-state index >= 15 is 0 Å². The van der Waals surface area contributed by atoms with Crippen LogP contribution in [0.5, 0.6) is 0 Å². The van der Waals surface area contributed by atoms with Crippen LogP contribution in [0.1, 0.15) is 25.5 Å². The third kappa shape index (κ3) is 2.62. The van der Waals surface area contributed by atoms with Gasteiger partial charge in [-0.25, -0.2) is 9.13 Å². The molecule has 0 saturated carbocycles. The van der Waals surface area contributed by atoms with Crippen LogP contribution in [0, 0.1) is 6.92 Å². The van der Waals surface area contributed by atoms with Gasteiger partial charge in [0.25, 0.3) is 5.82 Å². The largest absolute Gasteiger partial charge is 0.290 e. The lowest BCUT2D eigenvalue weighted by Crippen LogP contribution is -2.30. The molecule has 0 radical (unpaired) electrons. The van der Waals surface area contributed by atoms with Crippen molar-refractivity contribution in [1.82, 2.24) is 4.57 Å². The number of imidazole rings is 1. The molecule has 0 aliphatic rings. The molecule has 0 spiro atoms. The zero-order chi connectivity index (χ0) is 18.3. The maximum Gasteiger partial charge on any atom is 0.290 e. The molecule has 0 N–H and O–H groups in total. The lowest BCUT2D eigenvalue weighted by molar-refractivity contribution is -0.634. The van der Waals surface area contributed by atoms with Crippen LogP contribution in [0.2, 0.25) is 0 Å². The van der Waals surface area contributed by atoms with Crippen LogP contribution < -0.4 is 4.57 Å². The maximum atomic E-state index is 2.45. The van der Waals surface area contributed by atoms with Crippen molar-refractivity contribution in [2.24, 2.45) is 7.05 Å². The molecule has 0 unspecified atom stereocenters. The van der Waals surface area contributed by atoms with Crippen LogP contribution in [0.15, 0.2) is 72.8 Å². The van der Waals surface area contributed by atoms with E-state index in [9.17, 15) is 0 Å². The van der Waals surface area contributed by atoms with Crippen molar-refractivity contribution >= 4 is 11.0 Å². The number of para-hydroxylation sites is 2. The fourth-order valence-electron chi connectivity index (χ4n) is 3.85. The molecule has 4 rings (SSSR count). The second-order valence-electron chi connectivity index (χ2n) is 7.23. The zero-order valence-corrected chi connectivity index (χ0v) is 15.9. The molecule has 0 aliphatic carbocycles. The first kappa shape index (κ1) is 16.6. The van der Waals surface area contributed by atoms with Gasteiger partial charge in [-0.1, -0.05) is 54.6 Å². The summed E-state index contributed by atoms with van der Waals surface area (Å²) in [4.78, 5) is 0. The van der Waals surface area contributed by atoms with E-state index in [-0.39, 0.29) is 0 Å². The van der Waals surface area contributed by atoms with Gasteiger partial charge in [-0.05, 0) is 55.7 Å². The van der Waals surface area contributed by atoms with E-state index in [2.05, 4.69) is 110 Å². The van der Waals surface area contributed by atoms with Crippen LogP contribution in [-0.2, 0) is 7.05 Å². The normalized spacial score (nSPS) is 11.4. The average Bonchev–Trinajstić information content (AvgIpc) is 2.96. The summed E-state index contributed by atoms with van der Waals surface area (Å²) in [5.74, 6) is 1.26. The Balaban J connectivity index is 2.02. The molecule has 0 atom stereocenters. The summed E-state index contributed by atoms with van der Waals surface area (Å²) < 4.78 is 4.78. The van der Waals surface area contributed by atoms with Gasteiger partial charge in [0.15, 0.2) is 11.0 Å². The summed E-state index contributed by atoms with van der Waals surface area (Å²) in [6.45, 7) is 6.71. The minimum Gasteiger partial charge on any atom is -0.226 e. The van der Waals surface area contributed by atoms with Crippen LogP contribution in [-0.4, -0.2) is 4.57 Å². The number of benzene rings is 3. The van der Waals surface area contributed by atoms with Gasteiger partial charge in [0.2, 0.25) is 0 Å². The van der Waals surface area contributed by atoms with Crippen LogP contribution in [0.25, 0.3) is 33.5 Å². The number of aryl methyl sites for hydroxylation is 2. The van der Waals surface area contributed by atoms with Crippen LogP contribution in [0.3, 0.4) is 0 Å². The van der Waals surface area contributed by atoms with Crippen molar-refractivity contribution in [2.75, 3.05) is 0 Å². The Hall–Kier alpha value is -2.87. The Kier molecular flexibility index (Phi) is 4.12. The zero-order valence-electron chi connectivity index (χ0n) is 15.9. The summed E-state index contributed by atoms with van der Waals surface area (Å²) in [5.41, 5.74) is 7.64. The highest BCUT2D eigenvalue weighted by molar-refractivity contribution is 5.79. The van der Waals surface area contributed by atoms with Gasteiger partial charge in [0, 0.05) is 0 Å². The molecule has 1 aromatic heterocycles. The van der Waals surface area contributed by atoms with E-state index in [1.54, 1.807) is 0 Å². The number of hydrogen-bond donors (Lipinski definition) is 0. The van der Waals surface area contributed by atoms with Crippen LogP contribution in [0.4, 0.5) is 0 Å². The highest BCUT2D eigenvalue weighted by atomic mass is 15.2. The summed E-state index contributed by atoms with van der Waals surface area (Å²) in [6.07, 6.45) is 0. The van der Waals surface area contributed by atoms with Gasteiger partial charge in [0.1, 0.15) is 0 Å².